The first-order chi connectivity index (χ1) is 18.3. The normalized spacial score (nSPS) is 11.0. The van der Waals surface area contributed by atoms with Crippen molar-refractivity contribution in [1.29, 1.82) is 0 Å². The lowest BCUT2D eigenvalue weighted by Crippen LogP contribution is -2.36. The third-order valence-electron chi connectivity index (χ3n) is 5.73. The van der Waals surface area contributed by atoms with Gasteiger partial charge in [0.25, 0.3) is 0 Å². The maximum Gasteiger partial charge on any atom is 0.673 e. The molecular weight excluding hydrogens is 505 g/mol. The first kappa shape index (κ1) is 27.2. The van der Waals surface area contributed by atoms with E-state index < -0.39 is 7.25 Å². The molecule has 1 heterocycles. The van der Waals surface area contributed by atoms with Crippen LogP contribution in [-0.2, 0) is 5.75 Å². The molecule has 0 saturated carbocycles. The topological polar surface area (TPSA) is 3.88 Å². The van der Waals surface area contributed by atoms with Crippen molar-refractivity contribution in [3.05, 3.63) is 139 Å². The van der Waals surface area contributed by atoms with E-state index >= 15 is 0 Å². The van der Waals surface area contributed by atoms with Gasteiger partial charge in [0, 0.05) is 35.6 Å². The summed E-state index contributed by atoms with van der Waals surface area (Å²) in [4.78, 5) is 0. The van der Waals surface area contributed by atoms with Gasteiger partial charge in [-0.3, -0.25) is 0 Å². The number of rotatable bonds is 6. The molecule has 38 heavy (non-hydrogen) atoms. The zero-order valence-electron chi connectivity index (χ0n) is 20.8. The summed E-state index contributed by atoms with van der Waals surface area (Å²) in [7, 11) is -6.00. The summed E-state index contributed by atoms with van der Waals surface area (Å²) >= 11 is 1.88. The van der Waals surface area contributed by atoms with E-state index in [1.165, 1.54) is 44.2 Å². The molecule has 0 N–H and O–H groups in total. The minimum atomic E-state index is -6.00. The van der Waals surface area contributed by atoms with E-state index in [2.05, 4.69) is 139 Å². The molecular formula is C31H26BF4NS. The van der Waals surface area contributed by atoms with Crippen LogP contribution in [0.1, 0.15) is 11.1 Å². The van der Waals surface area contributed by atoms with Crippen LogP contribution < -0.4 is 4.57 Å². The fourth-order valence-corrected chi connectivity index (χ4v) is 5.04. The number of hydrogen-bond donors (Lipinski definition) is 0. The summed E-state index contributed by atoms with van der Waals surface area (Å²) < 4.78 is 41.4. The zero-order chi connectivity index (χ0) is 27.0. The van der Waals surface area contributed by atoms with E-state index in [0.717, 1.165) is 5.75 Å². The lowest BCUT2D eigenvalue weighted by atomic mass is 10.0. The average Bonchev–Trinajstić information content (AvgIpc) is 2.93. The van der Waals surface area contributed by atoms with Crippen LogP contribution in [0.3, 0.4) is 0 Å². The Hall–Kier alpha value is -3.84. The number of pyridine rings is 1. The zero-order valence-corrected chi connectivity index (χ0v) is 21.6. The van der Waals surface area contributed by atoms with Gasteiger partial charge in [-0.2, -0.15) is 0 Å². The quantitative estimate of drug-likeness (QED) is 0.0915. The van der Waals surface area contributed by atoms with Crippen molar-refractivity contribution in [2.24, 2.45) is 0 Å². The molecule has 1 aromatic heterocycles. The Kier molecular flexibility index (Phi) is 9.03. The average molecular weight is 531 g/mol. The number of nitrogens with zero attached hydrogens (tertiary/aromatic N) is 1. The standard InChI is InChI=1S/C31H26NS.BF4/c1-24-17-19-29(20-18-24)32-30(27-15-9-4-10-16-27)21-28(26-13-7-3-8-14-26)22-31(32)33-23-25-11-5-2-6-12-25;2-1(3,4)5/h2-22H,23H2,1H3;/q+1;-1. The van der Waals surface area contributed by atoms with Crippen LogP contribution in [0.2, 0.25) is 0 Å². The van der Waals surface area contributed by atoms with Crippen LogP contribution in [0.25, 0.3) is 28.1 Å². The van der Waals surface area contributed by atoms with E-state index in [4.69, 9.17) is 0 Å². The summed E-state index contributed by atoms with van der Waals surface area (Å²) in [5.74, 6) is 0.916. The summed E-state index contributed by atoms with van der Waals surface area (Å²) in [6.07, 6.45) is 0. The van der Waals surface area contributed by atoms with Gasteiger partial charge in [0.15, 0.2) is 0 Å². The minimum absolute atomic E-state index is 0.916. The number of thioether (sulfide) groups is 1. The highest BCUT2D eigenvalue weighted by Crippen LogP contribution is 2.31. The number of halogens is 4. The monoisotopic (exact) mass is 531 g/mol. The predicted molar refractivity (Wildman–Crippen MR) is 150 cm³/mol. The van der Waals surface area contributed by atoms with E-state index in [0.29, 0.717) is 0 Å². The largest absolute Gasteiger partial charge is 0.673 e. The van der Waals surface area contributed by atoms with Crippen LogP contribution in [0.4, 0.5) is 17.3 Å². The Bertz CT molecular complexity index is 1440. The van der Waals surface area contributed by atoms with E-state index in [1.54, 1.807) is 0 Å². The Labute approximate surface area is 224 Å². The smallest absolute Gasteiger partial charge is 0.418 e. The molecule has 192 valence electrons. The molecule has 5 rings (SSSR count). The van der Waals surface area contributed by atoms with Gasteiger partial charge in [0.1, 0.15) is 0 Å². The second-order valence-electron chi connectivity index (χ2n) is 8.64. The van der Waals surface area contributed by atoms with Crippen molar-refractivity contribution in [2.75, 3.05) is 0 Å². The number of benzene rings is 4. The van der Waals surface area contributed by atoms with Crippen LogP contribution in [0.15, 0.2) is 132 Å². The molecule has 0 radical (unpaired) electrons. The molecule has 0 aliphatic carbocycles. The Morgan fingerprint density at radius 3 is 1.66 bits per heavy atom. The van der Waals surface area contributed by atoms with E-state index in [9.17, 15) is 17.3 Å². The van der Waals surface area contributed by atoms with Gasteiger partial charge in [0.05, 0.1) is 0 Å². The van der Waals surface area contributed by atoms with Crippen molar-refractivity contribution < 1.29 is 21.8 Å². The highest BCUT2D eigenvalue weighted by molar-refractivity contribution is 7.98. The van der Waals surface area contributed by atoms with Gasteiger partial charge in [-0.25, -0.2) is 0 Å². The van der Waals surface area contributed by atoms with Gasteiger partial charge in [-0.15, -0.1) is 4.57 Å². The second-order valence-corrected chi connectivity index (χ2v) is 9.64. The van der Waals surface area contributed by atoms with Crippen LogP contribution in [0.5, 0.6) is 0 Å². The van der Waals surface area contributed by atoms with Crippen molar-refractivity contribution in [3.63, 3.8) is 0 Å². The van der Waals surface area contributed by atoms with Crippen molar-refractivity contribution in [3.8, 4) is 28.1 Å². The van der Waals surface area contributed by atoms with Crippen molar-refractivity contribution in [1.82, 2.24) is 0 Å². The maximum absolute atomic E-state index is 9.75. The molecule has 0 bridgehead atoms. The van der Waals surface area contributed by atoms with Crippen LogP contribution >= 0.6 is 11.8 Å². The van der Waals surface area contributed by atoms with Crippen LogP contribution in [0, 0.1) is 6.92 Å². The molecule has 0 aliphatic heterocycles. The fraction of sp³-hybridized carbons (Fsp3) is 0.0645. The summed E-state index contributed by atoms with van der Waals surface area (Å²) in [5, 5.41) is 1.22. The number of aromatic nitrogens is 1. The second kappa shape index (κ2) is 12.6. The Balaban J connectivity index is 0.000000617. The molecule has 0 unspecified atom stereocenters. The molecule has 0 amide bonds. The summed E-state index contributed by atoms with van der Waals surface area (Å²) in [5.41, 5.74) is 8.62. The van der Waals surface area contributed by atoms with Crippen molar-refractivity contribution >= 4 is 19.0 Å². The summed E-state index contributed by atoms with van der Waals surface area (Å²) in [6, 6.07) is 45.5. The van der Waals surface area contributed by atoms with Gasteiger partial charge < -0.3 is 17.3 Å². The third-order valence-corrected chi connectivity index (χ3v) is 6.80. The Morgan fingerprint density at radius 1 is 0.605 bits per heavy atom. The lowest BCUT2D eigenvalue weighted by Gasteiger charge is -2.12. The van der Waals surface area contributed by atoms with E-state index in [-0.39, 0.29) is 0 Å². The lowest BCUT2D eigenvalue weighted by molar-refractivity contribution is -0.624. The fourth-order valence-electron chi connectivity index (χ4n) is 3.99. The molecule has 0 aliphatic rings. The molecule has 0 saturated heterocycles. The van der Waals surface area contributed by atoms with Crippen LogP contribution in [-0.4, -0.2) is 7.25 Å². The first-order valence-corrected chi connectivity index (χ1v) is 13.1. The minimum Gasteiger partial charge on any atom is -0.418 e. The third kappa shape index (κ3) is 7.83. The van der Waals surface area contributed by atoms with E-state index in [1.807, 2.05) is 11.8 Å². The SMILES string of the molecule is Cc1ccc(-[n+]2c(SCc3ccccc3)cc(-c3ccccc3)cc2-c2ccccc2)cc1.F[B-](F)(F)F. The van der Waals surface area contributed by atoms with Crippen molar-refractivity contribution in [2.45, 2.75) is 17.7 Å². The first-order valence-electron chi connectivity index (χ1n) is 12.1. The highest BCUT2D eigenvalue weighted by Gasteiger charge is 2.24. The maximum atomic E-state index is 9.75. The number of hydrogen-bond acceptors (Lipinski definition) is 1. The molecule has 7 heteroatoms. The molecule has 5 aromatic rings. The van der Waals surface area contributed by atoms with Gasteiger partial charge >= 0.3 is 7.25 Å². The molecule has 0 atom stereocenters. The number of aryl methyl sites for hydroxylation is 1. The summed E-state index contributed by atoms with van der Waals surface area (Å²) in [6.45, 7) is 2.14. The molecule has 1 nitrogen and oxygen atoms in total. The van der Waals surface area contributed by atoms with Gasteiger partial charge in [-0.1, -0.05) is 108 Å². The highest BCUT2D eigenvalue weighted by atomic mass is 32.2. The Morgan fingerprint density at radius 2 is 1.11 bits per heavy atom. The predicted octanol–water partition coefficient (Wildman–Crippen LogP) is 9.20. The molecule has 0 spiro atoms. The van der Waals surface area contributed by atoms with Gasteiger partial charge in [0.2, 0.25) is 16.4 Å². The molecule has 0 fully saturated rings. The molecule has 4 aromatic carbocycles. The van der Waals surface area contributed by atoms with Gasteiger partial charge in [-0.05, 0) is 35.7 Å².